The van der Waals surface area contributed by atoms with Crippen LogP contribution < -0.4 is 0 Å². The zero-order chi connectivity index (χ0) is 18.0. The quantitative estimate of drug-likeness (QED) is 0.225. The first-order valence-corrected chi connectivity index (χ1v) is 10.2. The van der Waals surface area contributed by atoms with Crippen molar-refractivity contribution in [3.8, 4) is 0 Å². The van der Waals surface area contributed by atoms with Crippen molar-refractivity contribution in [1.82, 2.24) is 0 Å². The molecular weight excluding hydrogens is 311 g/mol. The van der Waals surface area contributed by atoms with Crippen LogP contribution in [0.25, 0.3) is 0 Å². The van der Waals surface area contributed by atoms with E-state index in [2.05, 4.69) is 6.58 Å². The molecule has 0 heterocycles. The molecule has 0 radical (unpaired) electrons. The number of unbranched alkanes of at least 4 members (excludes halogenated alkanes) is 6. The van der Waals surface area contributed by atoms with Gasteiger partial charge in [0.2, 0.25) is 0 Å². The van der Waals surface area contributed by atoms with E-state index < -0.39 is 19.0 Å². The Bertz CT molecular complexity index is 346. The Morgan fingerprint density at radius 1 is 0.826 bits per heavy atom. The van der Waals surface area contributed by atoms with Crippen LogP contribution in [0.4, 0.5) is 0 Å². The molecular formula is C18H37O4P. The lowest BCUT2D eigenvalue weighted by Gasteiger charge is -2.30. The van der Waals surface area contributed by atoms with Crippen molar-refractivity contribution in [2.24, 2.45) is 0 Å². The van der Waals surface area contributed by atoms with Gasteiger partial charge in [0.1, 0.15) is 0 Å². The number of phosphoric acid groups is 1. The molecule has 5 heteroatoms. The van der Waals surface area contributed by atoms with Gasteiger partial charge in [0.05, 0.1) is 17.8 Å². The third kappa shape index (κ3) is 15.1. The molecule has 138 valence electrons. The summed E-state index contributed by atoms with van der Waals surface area (Å²) in [7, 11) is -3.54. The van der Waals surface area contributed by atoms with Gasteiger partial charge in [-0.2, -0.15) is 0 Å². The number of rotatable bonds is 12. The highest BCUT2D eigenvalue weighted by Gasteiger charge is 2.36. The Balaban J connectivity index is 4.11. The SMILES string of the molecule is C=CCCCCCCCCOP(=O)(OC(C)(C)C)OC(C)(C)C. The van der Waals surface area contributed by atoms with Gasteiger partial charge in [0, 0.05) is 0 Å². The molecule has 0 saturated carbocycles. The highest BCUT2D eigenvalue weighted by molar-refractivity contribution is 7.48. The molecule has 0 atom stereocenters. The van der Waals surface area contributed by atoms with Crippen molar-refractivity contribution >= 4 is 7.82 Å². The second kappa shape index (κ2) is 10.7. The van der Waals surface area contributed by atoms with E-state index in [1.807, 2.05) is 47.6 Å². The fourth-order valence-electron chi connectivity index (χ4n) is 2.02. The summed E-state index contributed by atoms with van der Waals surface area (Å²) in [5.41, 5.74) is -1.15. The first-order valence-electron chi connectivity index (χ1n) is 8.74. The highest BCUT2D eigenvalue weighted by Crippen LogP contribution is 2.55. The van der Waals surface area contributed by atoms with Gasteiger partial charge >= 0.3 is 7.82 Å². The van der Waals surface area contributed by atoms with Crippen molar-refractivity contribution in [3.63, 3.8) is 0 Å². The fraction of sp³-hybridized carbons (Fsp3) is 0.889. The number of hydrogen-bond acceptors (Lipinski definition) is 4. The average molecular weight is 348 g/mol. The molecule has 0 rings (SSSR count). The van der Waals surface area contributed by atoms with Gasteiger partial charge in [-0.25, -0.2) is 4.57 Å². The second-order valence-electron chi connectivity index (χ2n) is 7.89. The van der Waals surface area contributed by atoms with Gasteiger partial charge in [-0.1, -0.05) is 31.8 Å². The lowest BCUT2D eigenvalue weighted by atomic mass is 10.1. The van der Waals surface area contributed by atoms with Crippen LogP contribution in [-0.4, -0.2) is 17.8 Å². The lowest BCUT2D eigenvalue weighted by molar-refractivity contribution is 0.00298. The third-order valence-electron chi connectivity index (χ3n) is 2.82. The summed E-state index contributed by atoms with van der Waals surface area (Å²) in [4.78, 5) is 0. The summed E-state index contributed by atoms with van der Waals surface area (Å²) in [6.45, 7) is 15.2. The molecule has 0 aromatic rings. The van der Waals surface area contributed by atoms with Crippen LogP contribution in [-0.2, 0) is 18.1 Å². The van der Waals surface area contributed by atoms with E-state index in [9.17, 15) is 4.57 Å². The summed E-state index contributed by atoms with van der Waals surface area (Å²) >= 11 is 0. The van der Waals surface area contributed by atoms with Crippen LogP contribution >= 0.6 is 7.82 Å². The molecule has 4 nitrogen and oxygen atoms in total. The maximum atomic E-state index is 12.8. The molecule has 0 N–H and O–H groups in total. The molecule has 0 amide bonds. The summed E-state index contributed by atoms with van der Waals surface area (Å²) in [5.74, 6) is 0. The summed E-state index contributed by atoms with van der Waals surface area (Å²) in [6.07, 6.45) is 9.86. The van der Waals surface area contributed by atoms with Crippen molar-refractivity contribution < 1.29 is 18.1 Å². The molecule has 0 bridgehead atoms. The number of hydrogen-bond donors (Lipinski definition) is 0. The van der Waals surface area contributed by atoms with E-state index in [0.29, 0.717) is 6.61 Å². The Morgan fingerprint density at radius 3 is 1.70 bits per heavy atom. The Labute approximate surface area is 143 Å². The van der Waals surface area contributed by atoms with E-state index in [1.54, 1.807) is 0 Å². The number of allylic oxidation sites excluding steroid dienone is 1. The van der Waals surface area contributed by atoms with Gasteiger partial charge in [0.25, 0.3) is 0 Å². The van der Waals surface area contributed by atoms with Crippen molar-refractivity contribution in [2.45, 2.75) is 97.7 Å². The molecule has 0 aliphatic carbocycles. The molecule has 0 fully saturated rings. The van der Waals surface area contributed by atoms with Crippen LogP contribution in [0.15, 0.2) is 12.7 Å². The van der Waals surface area contributed by atoms with E-state index >= 15 is 0 Å². The largest absolute Gasteiger partial charge is 0.475 e. The van der Waals surface area contributed by atoms with E-state index in [0.717, 1.165) is 19.3 Å². The van der Waals surface area contributed by atoms with Crippen LogP contribution in [0.2, 0.25) is 0 Å². The molecule has 0 aliphatic rings. The smallest absolute Gasteiger partial charge is 0.287 e. The summed E-state index contributed by atoms with van der Waals surface area (Å²) in [6, 6.07) is 0. The highest BCUT2D eigenvalue weighted by atomic mass is 31.2. The standard InChI is InChI=1S/C18H37O4P/c1-8-9-10-11-12-13-14-15-16-20-23(19,21-17(2,3)4)22-18(5,6)7/h8H,1,9-16H2,2-7H3. The molecule has 0 aromatic carbocycles. The predicted octanol–water partition coefficient (Wildman–Crippen LogP) is 6.66. The van der Waals surface area contributed by atoms with Gasteiger partial charge in [-0.05, 0) is 60.8 Å². The minimum absolute atomic E-state index is 0.399. The summed E-state index contributed by atoms with van der Waals surface area (Å²) < 4.78 is 29.5. The van der Waals surface area contributed by atoms with Gasteiger partial charge in [-0.15, -0.1) is 6.58 Å². The molecule has 23 heavy (non-hydrogen) atoms. The number of phosphoric ester groups is 1. The molecule has 0 spiro atoms. The van der Waals surface area contributed by atoms with E-state index in [4.69, 9.17) is 13.6 Å². The van der Waals surface area contributed by atoms with Crippen LogP contribution in [0.1, 0.15) is 86.5 Å². The zero-order valence-corrected chi connectivity index (χ0v) is 16.9. The lowest BCUT2D eigenvalue weighted by Crippen LogP contribution is -2.24. The zero-order valence-electron chi connectivity index (χ0n) is 16.0. The Kier molecular flexibility index (Phi) is 10.6. The van der Waals surface area contributed by atoms with Gasteiger partial charge < -0.3 is 0 Å². The third-order valence-corrected chi connectivity index (χ3v) is 4.86. The van der Waals surface area contributed by atoms with Crippen molar-refractivity contribution in [3.05, 3.63) is 12.7 Å². The maximum Gasteiger partial charge on any atom is 0.475 e. The van der Waals surface area contributed by atoms with Gasteiger partial charge in [0.15, 0.2) is 0 Å². The Morgan fingerprint density at radius 2 is 1.26 bits per heavy atom. The second-order valence-corrected chi connectivity index (χ2v) is 9.40. The molecule has 0 unspecified atom stereocenters. The minimum atomic E-state index is -3.54. The Hall–Kier alpha value is -0.150. The topological polar surface area (TPSA) is 44.8 Å². The fourth-order valence-corrected chi connectivity index (χ4v) is 3.85. The van der Waals surface area contributed by atoms with Crippen LogP contribution in [0.3, 0.4) is 0 Å². The van der Waals surface area contributed by atoms with Crippen LogP contribution in [0.5, 0.6) is 0 Å². The predicted molar refractivity (Wildman–Crippen MR) is 97.8 cm³/mol. The monoisotopic (exact) mass is 348 g/mol. The molecule has 0 aliphatic heterocycles. The maximum absolute atomic E-state index is 12.8. The molecule has 0 aromatic heterocycles. The van der Waals surface area contributed by atoms with Crippen LogP contribution in [0, 0.1) is 0 Å². The van der Waals surface area contributed by atoms with Crippen molar-refractivity contribution in [1.29, 1.82) is 0 Å². The first kappa shape index (κ1) is 22.9. The normalized spacial score (nSPS) is 13.3. The minimum Gasteiger partial charge on any atom is -0.287 e. The van der Waals surface area contributed by atoms with Crippen molar-refractivity contribution in [2.75, 3.05) is 6.61 Å². The molecule has 0 saturated heterocycles. The summed E-state index contributed by atoms with van der Waals surface area (Å²) in [5, 5.41) is 0. The van der Waals surface area contributed by atoms with E-state index in [-0.39, 0.29) is 0 Å². The van der Waals surface area contributed by atoms with Gasteiger partial charge in [-0.3, -0.25) is 13.6 Å². The first-order chi connectivity index (χ1) is 10.5. The average Bonchev–Trinajstić information content (AvgIpc) is 2.32. The van der Waals surface area contributed by atoms with E-state index in [1.165, 1.54) is 25.7 Å².